The summed E-state index contributed by atoms with van der Waals surface area (Å²) in [7, 11) is 2.49. The maximum atomic E-state index is 12.7. The number of nitrogens with zero attached hydrogens (tertiary/aromatic N) is 1. The van der Waals surface area contributed by atoms with Crippen LogP contribution >= 0.6 is 0 Å². The van der Waals surface area contributed by atoms with Crippen molar-refractivity contribution in [1.82, 2.24) is 0 Å². The largest absolute Gasteiger partial charge is 0.465 e. The molecule has 2 aromatic carbocycles. The summed E-state index contributed by atoms with van der Waals surface area (Å²) in [6.07, 6.45) is 5.53. The van der Waals surface area contributed by atoms with Gasteiger partial charge in [0, 0.05) is 11.8 Å². The normalized spacial score (nSPS) is 14.3. The average Bonchev–Trinajstić information content (AvgIpc) is 3.01. The number of anilines is 1. The Labute approximate surface area is 175 Å². The molecule has 0 bridgehead atoms. The van der Waals surface area contributed by atoms with Crippen LogP contribution in [-0.4, -0.2) is 31.3 Å². The van der Waals surface area contributed by atoms with Gasteiger partial charge < -0.3 is 19.5 Å². The molecule has 0 fully saturated rings. The Kier molecular flexibility index (Phi) is 6.49. The van der Waals surface area contributed by atoms with E-state index in [1.807, 2.05) is 49.4 Å². The predicted molar refractivity (Wildman–Crippen MR) is 113 cm³/mol. The van der Waals surface area contributed by atoms with Gasteiger partial charge in [-0.05, 0) is 30.7 Å². The molecule has 1 heterocycles. The van der Waals surface area contributed by atoms with Crippen LogP contribution in [0.25, 0.3) is 0 Å². The van der Waals surface area contributed by atoms with Gasteiger partial charge in [-0.25, -0.2) is 9.59 Å². The van der Waals surface area contributed by atoms with E-state index in [0.717, 1.165) is 5.56 Å². The highest BCUT2D eigenvalue weighted by molar-refractivity contribution is 6.05. The number of benzene rings is 2. The standard InChI is InChI=1S/C24H23NO5/c1-16-12-13-20(19(15-16)22(26)17-9-5-4-6-10-17)25-14-8-7-11-18(23(27)29-2)21(25)24(28)30-3/h4-15,22,26H,1-3H3. The molecule has 0 amide bonds. The number of aryl methyl sites for hydroxylation is 1. The number of hydrogen-bond acceptors (Lipinski definition) is 6. The number of aliphatic hydroxyl groups excluding tert-OH is 1. The highest BCUT2D eigenvalue weighted by atomic mass is 16.5. The number of aliphatic hydroxyl groups is 1. The van der Waals surface area contributed by atoms with E-state index in [4.69, 9.17) is 9.47 Å². The van der Waals surface area contributed by atoms with Crippen LogP contribution in [0, 0.1) is 6.92 Å². The lowest BCUT2D eigenvalue weighted by atomic mass is 9.97. The third kappa shape index (κ3) is 4.18. The molecule has 6 heteroatoms. The zero-order valence-corrected chi connectivity index (χ0v) is 17.0. The van der Waals surface area contributed by atoms with Crippen LogP contribution in [-0.2, 0) is 19.1 Å². The fourth-order valence-electron chi connectivity index (χ4n) is 3.28. The Morgan fingerprint density at radius 2 is 1.67 bits per heavy atom. The van der Waals surface area contributed by atoms with Gasteiger partial charge in [0.15, 0.2) is 0 Å². The summed E-state index contributed by atoms with van der Waals surface area (Å²) < 4.78 is 9.81. The molecule has 0 radical (unpaired) electrons. The SMILES string of the molecule is COC(=O)C1=C(C(=O)OC)N(c2ccc(C)cc2C(O)c2ccccc2)C=CC=C1. The third-order valence-corrected chi connectivity index (χ3v) is 4.74. The van der Waals surface area contributed by atoms with Crippen LogP contribution in [0.1, 0.15) is 22.8 Å². The minimum Gasteiger partial charge on any atom is -0.465 e. The summed E-state index contributed by atoms with van der Waals surface area (Å²) in [5.74, 6) is -1.37. The molecular formula is C24H23NO5. The second-order valence-electron chi connectivity index (χ2n) is 6.69. The molecule has 0 aromatic heterocycles. The van der Waals surface area contributed by atoms with E-state index in [0.29, 0.717) is 16.8 Å². The second-order valence-corrected chi connectivity index (χ2v) is 6.69. The van der Waals surface area contributed by atoms with E-state index in [2.05, 4.69) is 0 Å². The van der Waals surface area contributed by atoms with Crippen LogP contribution in [0.3, 0.4) is 0 Å². The molecule has 1 unspecified atom stereocenters. The van der Waals surface area contributed by atoms with Crippen LogP contribution in [0.4, 0.5) is 5.69 Å². The summed E-state index contributed by atoms with van der Waals surface area (Å²) >= 11 is 0. The Morgan fingerprint density at radius 1 is 0.967 bits per heavy atom. The molecule has 1 aliphatic rings. The van der Waals surface area contributed by atoms with Crippen molar-refractivity contribution in [3.05, 3.63) is 101 Å². The van der Waals surface area contributed by atoms with Crippen molar-refractivity contribution >= 4 is 17.6 Å². The maximum Gasteiger partial charge on any atom is 0.355 e. The van der Waals surface area contributed by atoms with Crippen molar-refractivity contribution in [2.75, 3.05) is 19.1 Å². The van der Waals surface area contributed by atoms with Crippen molar-refractivity contribution < 1.29 is 24.2 Å². The van der Waals surface area contributed by atoms with Gasteiger partial charge >= 0.3 is 11.9 Å². The van der Waals surface area contributed by atoms with Crippen molar-refractivity contribution in [1.29, 1.82) is 0 Å². The Morgan fingerprint density at radius 3 is 2.33 bits per heavy atom. The number of hydrogen-bond donors (Lipinski definition) is 1. The van der Waals surface area contributed by atoms with E-state index in [1.54, 1.807) is 29.3 Å². The van der Waals surface area contributed by atoms with Crippen molar-refractivity contribution in [3.63, 3.8) is 0 Å². The van der Waals surface area contributed by atoms with Gasteiger partial charge in [0.25, 0.3) is 0 Å². The van der Waals surface area contributed by atoms with Gasteiger partial charge in [0.2, 0.25) is 0 Å². The molecule has 3 rings (SSSR count). The van der Waals surface area contributed by atoms with Gasteiger partial charge in [-0.2, -0.15) is 0 Å². The Hall–Kier alpha value is -3.64. The second kappa shape index (κ2) is 9.24. The summed E-state index contributed by atoms with van der Waals surface area (Å²) in [5.41, 5.74) is 2.82. The van der Waals surface area contributed by atoms with Crippen molar-refractivity contribution in [2.45, 2.75) is 13.0 Å². The Bertz CT molecular complexity index is 1040. The topological polar surface area (TPSA) is 76.1 Å². The minimum atomic E-state index is -0.939. The molecular weight excluding hydrogens is 382 g/mol. The summed E-state index contributed by atoms with van der Waals surface area (Å²) in [5, 5.41) is 11.1. The maximum absolute atomic E-state index is 12.7. The minimum absolute atomic E-state index is 0.000264. The third-order valence-electron chi connectivity index (χ3n) is 4.74. The first-order chi connectivity index (χ1) is 14.5. The fourth-order valence-corrected chi connectivity index (χ4v) is 3.28. The molecule has 1 N–H and O–H groups in total. The van der Waals surface area contributed by atoms with Crippen LogP contribution < -0.4 is 4.90 Å². The van der Waals surface area contributed by atoms with Gasteiger partial charge in [-0.1, -0.05) is 54.1 Å². The molecule has 154 valence electrons. The molecule has 0 spiro atoms. The highest BCUT2D eigenvalue weighted by Crippen LogP contribution is 2.35. The zero-order valence-electron chi connectivity index (χ0n) is 17.0. The summed E-state index contributed by atoms with van der Waals surface area (Å²) in [4.78, 5) is 26.6. The van der Waals surface area contributed by atoms with E-state index in [1.165, 1.54) is 20.3 Å². The zero-order chi connectivity index (χ0) is 21.7. The molecule has 0 aliphatic carbocycles. The number of carbonyl (C=O) groups excluding carboxylic acids is 2. The lowest BCUT2D eigenvalue weighted by Gasteiger charge is -2.27. The molecule has 0 saturated heterocycles. The van der Waals surface area contributed by atoms with Gasteiger partial charge in [0.05, 0.1) is 25.5 Å². The number of methoxy groups -OCH3 is 2. The quantitative estimate of drug-likeness (QED) is 0.767. The summed E-state index contributed by atoms with van der Waals surface area (Å²) in [6.45, 7) is 1.92. The van der Waals surface area contributed by atoms with Crippen molar-refractivity contribution in [3.8, 4) is 0 Å². The van der Waals surface area contributed by atoms with E-state index >= 15 is 0 Å². The molecule has 1 atom stereocenters. The number of esters is 2. The van der Waals surface area contributed by atoms with Crippen LogP contribution in [0.5, 0.6) is 0 Å². The van der Waals surface area contributed by atoms with Gasteiger partial charge in [0.1, 0.15) is 11.8 Å². The summed E-state index contributed by atoms with van der Waals surface area (Å²) in [6, 6.07) is 14.7. The molecule has 2 aromatic rings. The number of rotatable bonds is 5. The first-order valence-corrected chi connectivity index (χ1v) is 9.36. The number of ether oxygens (including phenoxy) is 2. The van der Waals surface area contributed by atoms with E-state index in [-0.39, 0.29) is 11.3 Å². The lowest BCUT2D eigenvalue weighted by molar-refractivity contribution is -0.139. The first-order valence-electron chi connectivity index (χ1n) is 9.36. The molecule has 6 nitrogen and oxygen atoms in total. The number of allylic oxidation sites excluding steroid dienone is 2. The predicted octanol–water partition coefficient (Wildman–Crippen LogP) is 3.57. The van der Waals surface area contributed by atoms with Crippen LogP contribution in [0.2, 0.25) is 0 Å². The molecule has 0 saturated carbocycles. The smallest absolute Gasteiger partial charge is 0.355 e. The van der Waals surface area contributed by atoms with Crippen molar-refractivity contribution in [2.24, 2.45) is 0 Å². The van der Waals surface area contributed by atoms with Crippen LogP contribution in [0.15, 0.2) is 84.2 Å². The average molecular weight is 405 g/mol. The van der Waals surface area contributed by atoms with Gasteiger partial charge in [-0.15, -0.1) is 0 Å². The van der Waals surface area contributed by atoms with E-state index in [9.17, 15) is 14.7 Å². The monoisotopic (exact) mass is 405 g/mol. The van der Waals surface area contributed by atoms with Gasteiger partial charge in [-0.3, -0.25) is 0 Å². The lowest BCUT2D eigenvalue weighted by Crippen LogP contribution is -2.28. The first kappa shape index (κ1) is 21.1. The molecule has 1 aliphatic heterocycles. The molecule has 30 heavy (non-hydrogen) atoms. The Balaban J connectivity index is 2.22. The number of carbonyl (C=O) groups is 2. The van der Waals surface area contributed by atoms with E-state index < -0.39 is 18.0 Å². The fraction of sp³-hybridized carbons (Fsp3) is 0.167. The highest BCUT2D eigenvalue weighted by Gasteiger charge is 2.29.